The molecule has 0 spiro atoms. The molecule has 0 heterocycles. The minimum absolute atomic E-state index is 0.369. The number of carboxylic acids is 1. The summed E-state index contributed by atoms with van der Waals surface area (Å²) in [5, 5.41) is 8.93. The number of Topliss-reactive ketones (excluding diaryl/α,β-unsaturated/α-hetero) is 1. The Morgan fingerprint density at radius 1 is 1.20 bits per heavy atom. The first kappa shape index (κ1) is 15.8. The highest BCUT2D eigenvalue weighted by Crippen LogP contribution is 2.19. The predicted molar refractivity (Wildman–Crippen MR) is 69.0 cm³/mol. The van der Waals surface area contributed by atoms with Gasteiger partial charge in [0.15, 0.2) is 6.10 Å². The molecule has 0 aliphatic carbocycles. The summed E-state index contributed by atoms with van der Waals surface area (Å²) >= 11 is 0. The molecule has 6 nitrogen and oxygen atoms in total. The Labute approximate surface area is 116 Å². The zero-order valence-corrected chi connectivity index (χ0v) is 11.2. The van der Waals surface area contributed by atoms with Crippen molar-refractivity contribution in [2.24, 2.45) is 0 Å². The van der Waals surface area contributed by atoms with E-state index in [9.17, 15) is 14.4 Å². The second-order valence-corrected chi connectivity index (χ2v) is 4.20. The highest BCUT2D eigenvalue weighted by atomic mass is 16.6. The zero-order valence-electron chi connectivity index (χ0n) is 11.2. The number of carbonyl (C=O) groups is 3. The van der Waals surface area contributed by atoms with Crippen LogP contribution >= 0.6 is 0 Å². The van der Waals surface area contributed by atoms with Crippen LogP contribution in [0.25, 0.3) is 0 Å². The zero-order chi connectivity index (χ0) is 15.1. The van der Waals surface area contributed by atoms with Gasteiger partial charge in [0.2, 0.25) is 6.10 Å². The number of hydrogen-bond acceptors (Lipinski definition) is 5. The molecule has 20 heavy (non-hydrogen) atoms. The predicted octanol–water partition coefficient (Wildman–Crippen LogP) is 1.35. The number of aliphatic carboxylic acids is 1. The van der Waals surface area contributed by atoms with Gasteiger partial charge in [-0.25, -0.2) is 9.59 Å². The Balaban J connectivity index is 2.81. The van der Waals surface area contributed by atoms with E-state index in [1.165, 1.54) is 14.0 Å². The van der Waals surface area contributed by atoms with E-state index in [0.29, 0.717) is 5.56 Å². The lowest BCUT2D eigenvalue weighted by molar-refractivity contribution is -0.172. The topological polar surface area (TPSA) is 89.9 Å². The Morgan fingerprint density at radius 2 is 1.80 bits per heavy atom. The fraction of sp³-hybridized carbons (Fsp3) is 0.357. The summed E-state index contributed by atoms with van der Waals surface area (Å²) in [6, 6.07) is 8.54. The second-order valence-electron chi connectivity index (χ2n) is 4.20. The van der Waals surface area contributed by atoms with E-state index in [1.807, 2.05) is 0 Å². The van der Waals surface area contributed by atoms with Gasteiger partial charge in [-0.3, -0.25) is 4.79 Å². The quantitative estimate of drug-likeness (QED) is 0.758. The Hall–Kier alpha value is -2.21. The highest BCUT2D eigenvalue weighted by molar-refractivity contribution is 5.86. The molecular formula is C14H16O6. The largest absolute Gasteiger partial charge is 0.478 e. The van der Waals surface area contributed by atoms with E-state index >= 15 is 0 Å². The molecule has 6 heteroatoms. The standard InChI is InChI=1S/C14H16O6/c1-9(15)8-11(13(16)17)20-14(18)12(19-2)10-6-4-3-5-7-10/h3-7,11-12H,8H2,1-2H3,(H,16,17). The Morgan fingerprint density at radius 3 is 2.25 bits per heavy atom. The summed E-state index contributed by atoms with van der Waals surface area (Å²) in [6.45, 7) is 1.23. The third-order valence-electron chi connectivity index (χ3n) is 2.56. The van der Waals surface area contributed by atoms with Gasteiger partial charge in [-0.15, -0.1) is 0 Å². The second kappa shape index (κ2) is 7.40. The number of ketones is 1. The fourth-order valence-corrected chi connectivity index (χ4v) is 1.64. The van der Waals surface area contributed by atoms with Crippen LogP contribution in [0.4, 0.5) is 0 Å². The number of esters is 1. The van der Waals surface area contributed by atoms with Crippen molar-refractivity contribution in [3.63, 3.8) is 0 Å². The Kier molecular flexibility index (Phi) is 5.86. The highest BCUT2D eigenvalue weighted by Gasteiger charge is 2.29. The van der Waals surface area contributed by atoms with Gasteiger partial charge in [0.05, 0.1) is 6.42 Å². The van der Waals surface area contributed by atoms with Crippen LogP contribution in [0.5, 0.6) is 0 Å². The van der Waals surface area contributed by atoms with Crippen molar-refractivity contribution in [2.45, 2.75) is 25.6 Å². The van der Waals surface area contributed by atoms with Crippen molar-refractivity contribution in [3.8, 4) is 0 Å². The van der Waals surface area contributed by atoms with E-state index in [0.717, 1.165) is 0 Å². The average molecular weight is 280 g/mol. The summed E-state index contributed by atoms with van der Waals surface area (Å²) in [5.41, 5.74) is 0.548. The van der Waals surface area contributed by atoms with Crippen LogP contribution in [0, 0.1) is 0 Å². The molecule has 1 aromatic rings. The van der Waals surface area contributed by atoms with Gasteiger partial charge < -0.3 is 14.6 Å². The van der Waals surface area contributed by atoms with Crippen molar-refractivity contribution in [2.75, 3.05) is 7.11 Å². The van der Waals surface area contributed by atoms with E-state index in [4.69, 9.17) is 14.6 Å². The molecule has 1 rings (SSSR count). The van der Waals surface area contributed by atoms with Gasteiger partial charge in [0.25, 0.3) is 0 Å². The van der Waals surface area contributed by atoms with Crippen molar-refractivity contribution in [3.05, 3.63) is 35.9 Å². The van der Waals surface area contributed by atoms with Crippen LogP contribution in [0.3, 0.4) is 0 Å². The van der Waals surface area contributed by atoms with Crippen LogP contribution in [-0.2, 0) is 23.9 Å². The first-order valence-electron chi connectivity index (χ1n) is 5.96. The molecule has 0 aliphatic rings. The van der Waals surface area contributed by atoms with E-state index in [-0.39, 0.29) is 12.2 Å². The lowest BCUT2D eigenvalue weighted by Crippen LogP contribution is -2.31. The molecule has 2 atom stereocenters. The normalized spacial score (nSPS) is 13.3. The summed E-state index contributed by atoms with van der Waals surface area (Å²) in [4.78, 5) is 33.9. The summed E-state index contributed by atoms with van der Waals surface area (Å²) < 4.78 is 9.88. The molecule has 0 aromatic heterocycles. The van der Waals surface area contributed by atoms with Crippen LogP contribution in [0.1, 0.15) is 25.0 Å². The van der Waals surface area contributed by atoms with Crippen LogP contribution in [0.15, 0.2) is 30.3 Å². The average Bonchev–Trinajstić information content (AvgIpc) is 2.39. The molecule has 0 aliphatic heterocycles. The molecule has 0 fully saturated rings. The number of rotatable bonds is 7. The minimum atomic E-state index is -1.50. The minimum Gasteiger partial charge on any atom is -0.478 e. The molecule has 0 radical (unpaired) electrons. The molecule has 1 aromatic carbocycles. The molecule has 0 saturated carbocycles. The van der Waals surface area contributed by atoms with Crippen LogP contribution < -0.4 is 0 Å². The molecule has 0 amide bonds. The third kappa shape index (κ3) is 4.47. The van der Waals surface area contributed by atoms with Crippen molar-refractivity contribution >= 4 is 17.7 Å². The first-order valence-corrected chi connectivity index (χ1v) is 5.96. The molecular weight excluding hydrogens is 264 g/mol. The summed E-state index contributed by atoms with van der Waals surface area (Å²) in [7, 11) is 1.32. The number of carbonyl (C=O) groups excluding carboxylic acids is 2. The van der Waals surface area contributed by atoms with Gasteiger partial charge in [-0.2, -0.15) is 0 Å². The smallest absolute Gasteiger partial charge is 0.345 e. The fourth-order valence-electron chi connectivity index (χ4n) is 1.64. The number of benzene rings is 1. The van der Waals surface area contributed by atoms with E-state index in [2.05, 4.69) is 0 Å². The SMILES string of the molecule is COC(C(=O)OC(CC(C)=O)C(=O)O)c1ccccc1. The number of methoxy groups -OCH3 is 1. The van der Waals surface area contributed by atoms with Crippen LogP contribution in [0.2, 0.25) is 0 Å². The van der Waals surface area contributed by atoms with Gasteiger partial charge in [0.1, 0.15) is 5.78 Å². The number of ether oxygens (including phenoxy) is 2. The number of carboxylic acid groups (broad SMARTS) is 1. The lowest BCUT2D eigenvalue weighted by atomic mass is 10.1. The van der Waals surface area contributed by atoms with Gasteiger partial charge in [-0.05, 0) is 12.5 Å². The Bertz CT molecular complexity index is 482. The molecule has 1 N–H and O–H groups in total. The molecule has 108 valence electrons. The van der Waals surface area contributed by atoms with Crippen molar-refractivity contribution in [1.82, 2.24) is 0 Å². The third-order valence-corrected chi connectivity index (χ3v) is 2.56. The molecule has 2 unspecified atom stereocenters. The molecule has 0 bridgehead atoms. The maximum absolute atomic E-state index is 11.9. The van der Waals surface area contributed by atoms with Gasteiger partial charge >= 0.3 is 11.9 Å². The summed E-state index contributed by atoms with van der Waals surface area (Å²) in [6.07, 6.45) is -2.89. The lowest BCUT2D eigenvalue weighted by Gasteiger charge is -2.18. The van der Waals surface area contributed by atoms with Crippen molar-refractivity contribution < 1.29 is 29.0 Å². The van der Waals surface area contributed by atoms with E-state index in [1.54, 1.807) is 30.3 Å². The summed E-state index contributed by atoms with van der Waals surface area (Å²) in [5.74, 6) is -2.58. The maximum Gasteiger partial charge on any atom is 0.345 e. The molecule has 0 saturated heterocycles. The monoisotopic (exact) mass is 280 g/mol. The van der Waals surface area contributed by atoms with Crippen LogP contribution in [-0.4, -0.2) is 36.0 Å². The number of hydrogen-bond donors (Lipinski definition) is 1. The van der Waals surface area contributed by atoms with Crippen molar-refractivity contribution in [1.29, 1.82) is 0 Å². The first-order chi connectivity index (χ1) is 9.45. The van der Waals surface area contributed by atoms with Gasteiger partial charge in [-0.1, -0.05) is 30.3 Å². The van der Waals surface area contributed by atoms with E-state index < -0.39 is 24.1 Å². The van der Waals surface area contributed by atoms with Gasteiger partial charge in [0, 0.05) is 7.11 Å². The maximum atomic E-state index is 11.9.